The van der Waals surface area contributed by atoms with Gasteiger partial charge in [-0.25, -0.2) is 13.6 Å². The summed E-state index contributed by atoms with van der Waals surface area (Å²) in [5, 5.41) is 4.98. The summed E-state index contributed by atoms with van der Waals surface area (Å²) < 4.78 is 39.8. The number of benzene rings is 2. The van der Waals surface area contributed by atoms with E-state index < -0.39 is 47.4 Å². The Kier molecular flexibility index (Phi) is 4.77. The van der Waals surface area contributed by atoms with Crippen LogP contribution in [0.5, 0.6) is 11.5 Å². The fourth-order valence-electron chi connectivity index (χ4n) is 4.54. The quantitative estimate of drug-likeness (QED) is 0.686. The van der Waals surface area contributed by atoms with Crippen molar-refractivity contribution in [2.75, 3.05) is 11.9 Å². The van der Waals surface area contributed by atoms with Crippen molar-refractivity contribution in [1.29, 1.82) is 0 Å². The van der Waals surface area contributed by atoms with E-state index in [0.29, 0.717) is 22.1 Å². The highest BCUT2D eigenvalue weighted by atomic mass is 19.1. The first-order valence-corrected chi connectivity index (χ1v) is 10.6. The van der Waals surface area contributed by atoms with Crippen molar-refractivity contribution in [1.82, 2.24) is 10.2 Å². The molecule has 10 heteroatoms. The number of rotatable bonds is 4. The Balaban J connectivity index is 1.28. The number of hydrogen-bond acceptors (Lipinski definition) is 5. The van der Waals surface area contributed by atoms with Gasteiger partial charge < -0.3 is 20.1 Å². The maximum atomic E-state index is 14.3. The molecule has 8 nitrogen and oxygen atoms in total. The van der Waals surface area contributed by atoms with Gasteiger partial charge in [-0.1, -0.05) is 0 Å². The summed E-state index contributed by atoms with van der Waals surface area (Å²) in [7, 11) is 0. The number of anilines is 1. The molecule has 172 valence electrons. The van der Waals surface area contributed by atoms with E-state index >= 15 is 0 Å². The fourth-order valence-corrected chi connectivity index (χ4v) is 4.54. The number of nitrogens with one attached hydrogen (secondary N) is 2. The lowest BCUT2D eigenvalue weighted by atomic mass is 9.91. The molecule has 1 atom stereocenters. The Morgan fingerprint density at radius 3 is 2.58 bits per heavy atom. The maximum absolute atomic E-state index is 14.3. The van der Waals surface area contributed by atoms with Gasteiger partial charge in [-0.2, -0.15) is 0 Å². The molecule has 0 unspecified atom stereocenters. The zero-order chi connectivity index (χ0) is 23.4. The standard InChI is InChI=1S/C23H21F2N3O5/c1-22(15-10-13(24)4-6-16(15)25)20(30)28(21(31)27-22)12-19(29)26-14-5-7-17-18(11-14)33-23(32-17)8-2-3-9-23/h4-7,10-11H,2-3,8-9,12H2,1H3,(H,26,29)(H,27,31)/t22-/m1/s1. The Labute approximate surface area is 187 Å². The third-order valence-corrected chi connectivity index (χ3v) is 6.23. The van der Waals surface area contributed by atoms with Crippen LogP contribution >= 0.6 is 0 Å². The molecule has 2 fully saturated rings. The Morgan fingerprint density at radius 2 is 1.82 bits per heavy atom. The minimum atomic E-state index is -1.84. The van der Waals surface area contributed by atoms with E-state index in [9.17, 15) is 23.2 Å². The van der Waals surface area contributed by atoms with Crippen molar-refractivity contribution in [3.63, 3.8) is 0 Å². The summed E-state index contributed by atoms with van der Waals surface area (Å²) in [6.45, 7) is 0.662. The summed E-state index contributed by atoms with van der Waals surface area (Å²) in [4.78, 5) is 38.6. The largest absolute Gasteiger partial charge is 0.448 e. The zero-order valence-electron chi connectivity index (χ0n) is 17.7. The van der Waals surface area contributed by atoms with Crippen LogP contribution in [0.1, 0.15) is 38.2 Å². The van der Waals surface area contributed by atoms with E-state index in [-0.39, 0.29) is 5.56 Å². The highest BCUT2D eigenvalue weighted by Gasteiger charge is 2.51. The third-order valence-electron chi connectivity index (χ3n) is 6.23. The van der Waals surface area contributed by atoms with Crippen molar-refractivity contribution in [2.24, 2.45) is 0 Å². The molecule has 2 aromatic carbocycles. The van der Waals surface area contributed by atoms with Gasteiger partial charge in [0.05, 0.1) is 0 Å². The summed E-state index contributed by atoms with van der Waals surface area (Å²) >= 11 is 0. The SMILES string of the molecule is C[C@]1(c2cc(F)ccc2F)NC(=O)N(CC(=O)Nc2ccc3c(c2)OC2(CCCC2)O3)C1=O. The van der Waals surface area contributed by atoms with E-state index in [1.54, 1.807) is 18.2 Å². The highest BCUT2D eigenvalue weighted by Crippen LogP contribution is 2.47. The number of fused-ring (bicyclic) bond motifs is 1. The summed E-state index contributed by atoms with van der Waals surface area (Å²) in [5.74, 6) is -2.64. The van der Waals surface area contributed by atoms with Gasteiger partial charge >= 0.3 is 6.03 Å². The van der Waals surface area contributed by atoms with Crippen molar-refractivity contribution >= 4 is 23.5 Å². The van der Waals surface area contributed by atoms with Crippen LogP contribution in [0.2, 0.25) is 0 Å². The van der Waals surface area contributed by atoms with Crippen LogP contribution in [-0.2, 0) is 15.1 Å². The molecule has 33 heavy (non-hydrogen) atoms. The minimum Gasteiger partial charge on any atom is -0.448 e. The zero-order valence-corrected chi connectivity index (χ0v) is 17.7. The molecule has 2 aliphatic heterocycles. The average molecular weight is 457 g/mol. The predicted octanol–water partition coefficient (Wildman–Crippen LogP) is 3.41. The number of hydrogen-bond donors (Lipinski definition) is 2. The second-order valence-electron chi connectivity index (χ2n) is 8.60. The molecule has 1 spiro atoms. The fraction of sp³-hybridized carbons (Fsp3) is 0.348. The van der Waals surface area contributed by atoms with E-state index in [1.807, 2.05) is 0 Å². The van der Waals surface area contributed by atoms with Gasteiger partial charge in [0.25, 0.3) is 11.7 Å². The Bertz CT molecular complexity index is 1180. The van der Waals surface area contributed by atoms with Crippen LogP contribution in [0.25, 0.3) is 0 Å². The Morgan fingerprint density at radius 1 is 1.09 bits per heavy atom. The Hall–Kier alpha value is -3.69. The molecule has 1 saturated carbocycles. The number of urea groups is 1. The molecule has 1 saturated heterocycles. The number of ether oxygens (including phenoxy) is 2. The van der Waals surface area contributed by atoms with Crippen LogP contribution in [0.3, 0.4) is 0 Å². The molecule has 5 rings (SSSR count). The molecule has 2 heterocycles. The van der Waals surface area contributed by atoms with Crippen LogP contribution < -0.4 is 20.1 Å². The number of nitrogens with zero attached hydrogens (tertiary/aromatic N) is 1. The highest BCUT2D eigenvalue weighted by molar-refractivity contribution is 6.10. The molecule has 0 bridgehead atoms. The summed E-state index contributed by atoms with van der Waals surface area (Å²) in [6.07, 6.45) is 3.62. The molecule has 1 aliphatic carbocycles. The van der Waals surface area contributed by atoms with Crippen molar-refractivity contribution in [2.45, 2.75) is 43.9 Å². The smallest absolute Gasteiger partial charge is 0.325 e. The van der Waals surface area contributed by atoms with Gasteiger partial charge in [0.15, 0.2) is 11.5 Å². The van der Waals surface area contributed by atoms with Gasteiger partial charge in [-0.15, -0.1) is 0 Å². The third kappa shape index (κ3) is 3.55. The topological polar surface area (TPSA) is 97.0 Å². The van der Waals surface area contributed by atoms with Crippen molar-refractivity contribution < 1.29 is 32.6 Å². The summed E-state index contributed by atoms with van der Waals surface area (Å²) in [6, 6.07) is 6.70. The van der Waals surface area contributed by atoms with Gasteiger partial charge in [0, 0.05) is 30.2 Å². The lowest BCUT2D eigenvalue weighted by molar-refractivity contribution is -0.133. The van der Waals surface area contributed by atoms with Crippen LogP contribution in [0.4, 0.5) is 19.3 Å². The number of carbonyl (C=O) groups excluding carboxylic acids is 3. The number of carbonyl (C=O) groups is 3. The molecule has 0 aromatic heterocycles. The van der Waals surface area contributed by atoms with E-state index in [4.69, 9.17) is 9.47 Å². The first kappa shape index (κ1) is 21.2. The molecule has 3 aliphatic rings. The first-order chi connectivity index (χ1) is 15.7. The molecule has 2 aromatic rings. The molecule has 4 amide bonds. The number of amides is 4. The number of halogens is 2. The van der Waals surface area contributed by atoms with Gasteiger partial charge in [0.2, 0.25) is 5.91 Å². The molecular weight excluding hydrogens is 436 g/mol. The normalized spacial score (nSPS) is 22.7. The van der Waals surface area contributed by atoms with E-state index in [2.05, 4.69) is 10.6 Å². The lowest BCUT2D eigenvalue weighted by Gasteiger charge is -2.22. The predicted molar refractivity (Wildman–Crippen MR) is 111 cm³/mol. The lowest BCUT2D eigenvalue weighted by Crippen LogP contribution is -2.42. The van der Waals surface area contributed by atoms with Crippen molar-refractivity contribution in [3.05, 3.63) is 53.6 Å². The maximum Gasteiger partial charge on any atom is 0.325 e. The van der Waals surface area contributed by atoms with Crippen LogP contribution in [0, 0.1) is 11.6 Å². The van der Waals surface area contributed by atoms with Gasteiger partial charge in [-0.05, 0) is 50.1 Å². The van der Waals surface area contributed by atoms with Crippen molar-refractivity contribution in [3.8, 4) is 11.5 Å². The van der Waals surface area contributed by atoms with Crippen LogP contribution in [-0.4, -0.2) is 35.1 Å². The van der Waals surface area contributed by atoms with Crippen LogP contribution in [0.15, 0.2) is 36.4 Å². The second-order valence-corrected chi connectivity index (χ2v) is 8.60. The van der Waals surface area contributed by atoms with E-state index in [0.717, 1.165) is 43.9 Å². The molecule has 2 N–H and O–H groups in total. The first-order valence-electron chi connectivity index (χ1n) is 10.6. The van der Waals surface area contributed by atoms with Gasteiger partial charge in [0.1, 0.15) is 23.7 Å². The second kappa shape index (κ2) is 7.43. The minimum absolute atomic E-state index is 0.319. The van der Waals surface area contributed by atoms with Gasteiger partial charge in [-0.3, -0.25) is 14.5 Å². The van der Waals surface area contributed by atoms with E-state index in [1.165, 1.54) is 6.92 Å². The molecule has 0 radical (unpaired) electrons. The summed E-state index contributed by atoms with van der Waals surface area (Å²) in [5.41, 5.74) is -1.75. The monoisotopic (exact) mass is 457 g/mol. The average Bonchev–Trinajstić information content (AvgIpc) is 3.43. The number of imide groups is 1. The molecular formula is C23H21F2N3O5.